The molecule has 0 aromatic heterocycles. The van der Waals surface area contributed by atoms with Gasteiger partial charge in [-0.05, 0) is 61.6 Å². The van der Waals surface area contributed by atoms with Crippen molar-refractivity contribution in [2.45, 2.75) is 51.9 Å². The lowest BCUT2D eigenvalue weighted by Gasteiger charge is -2.39. The molecule has 0 spiro atoms. The average Bonchev–Trinajstić information content (AvgIpc) is 2.68. The van der Waals surface area contributed by atoms with E-state index < -0.39 is 0 Å². The Labute approximate surface area is 165 Å². The lowest BCUT2D eigenvalue weighted by atomic mass is 9.78. The van der Waals surface area contributed by atoms with Gasteiger partial charge >= 0.3 is 0 Å². The number of nitrogens with one attached hydrogen (secondary N) is 1. The Morgan fingerprint density at radius 1 is 1.19 bits per heavy atom. The number of carbonyl (C=O) groups excluding carboxylic acids is 1. The third-order valence-electron chi connectivity index (χ3n) is 6.52. The molecule has 0 bridgehead atoms. The van der Waals surface area contributed by atoms with Crippen molar-refractivity contribution in [3.8, 4) is 0 Å². The standard InChI is InChI=1S/C22H34N2O.ClH/c1-3-18-16-24(14-11-21(18)20-7-5-4-6-8-20)22(25)15-17(2)19-9-12-23-13-10-19;/h4-8,17-19,21,23H,3,9-16H2,1-2H3;1H. The fourth-order valence-electron chi connectivity index (χ4n) is 4.80. The number of nitrogens with zero attached hydrogens (tertiary/aromatic N) is 1. The third-order valence-corrected chi connectivity index (χ3v) is 6.52. The third kappa shape index (κ3) is 5.23. The van der Waals surface area contributed by atoms with Gasteiger partial charge in [0.05, 0.1) is 0 Å². The number of amides is 1. The van der Waals surface area contributed by atoms with Gasteiger partial charge in [-0.2, -0.15) is 0 Å². The molecule has 1 aromatic carbocycles. The van der Waals surface area contributed by atoms with Crippen molar-refractivity contribution in [1.82, 2.24) is 10.2 Å². The molecule has 0 saturated carbocycles. The van der Waals surface area contributed by atoms with E-state index in [-0.39, 0.29) is 12.4 Å². The van der Waals surface area contributed by atoms with Gasteiger partial charge in [0, 0.05) is 19.5 Å². The molecule has 3 rings (SSSR count). The second kappa shape index (κ2) is 10.3. The van der Waals surface area contributed by atoms with Crippen LogP contribution in [0.15, 0.2) is 30.3 Å². The van der Waals surface area contributed by atoms with Crippen LogP contribution in [0.5, 0.6) is 0 Å². The fourth-order valence-corrected chi connectivity index (χ4v) is 4.80. The van der Waals surface area contributed by atoms with Gasteiger partial charge in [-0.1, -0.05) is 50.6 Å². The van der Waals surface area contributed by atoms with E-state index in [0.717, 1.165) is 45.4 Å². The summed E-state index contributed by atoms with van der Waals surface area (Å²) in [7, 11) is 0. The molecule has 4 heteroatoms. The zero-order valence-electron chi connectivity index (χ0n) is 16.3. The zero-order chi connectivity index (χ0) is 17.6. The highest BCUT2D eigenvalue weighted by Crippen LogP contribution is 2.35. The number of halogens is 1. The van der Waals surface area contributed by atoms with Crippen LogP contribution in [-0.4, -0.2) is 37.0 Å². The Kier molecular flexibility index (Phi) is 8.43. The monoisotopic (exact) mass is 378 g/mol. The highest BCUT2D eigenvalue weighted by Gasteiger charge is 2.32. The number of likely N-dealkylation sites (tertiary alicyclic amines) is 1. The summed E-state index contributed by atoms with van der Waals surface area (Å²) in [5, 5.41) is 3.42. The van der Waals surface area contributed by atoms with Crippen molar-refractivity contribution in [2.24, 2.45) is 17.8 Å². The van der Waals surface area contributed by atoms with Crippen molar-refractivity contribution in [1.29, 1.82) is 0 Å². The summed E-state index contributed by atoms with van der Waals surface area (Å²) < 4.78 is 0. The van der Waals surface area contributed by atoms with Gasteiger partial charge in [0.25, 0.3) is 0 Å². The summed E-state index contributed by atoms with van der Waals surface area (Å²) in [5.74, 6) is 2.82. The number of hydrogen-bond acceptors (Lipinski definition) is 2. The van der Waals surface area contributed by atoms with Crippen LogP contribution < -0.4 is 5.32 Å². The van der Waals surface area contributed by atoms with Crippen molar-refractivity contribution in [3.05, 3.63) is 35.9 Å². The molecule has 146 valence electrons. The minimum atomic E-state index is 0. The SMILES string of the molecule is CCC1CN(C(=O)CC(C)C2CCNCC2)CCC1c1ccccc1.Cl. The molecule has 3 unspecified atom stereocenters. The lowest BCUT2D eigenvalue weighted by molar-refractivity contribution is -0.134. The Bertz CT molecular complexity index is 544. The second-order valence-corrected chi connectivity index (χ2v) is 8.08. The maximum absolute atomic E-state index is 12.9. The van der Waals surface area contributed by atoms with E-state index in [0.29, 0.717) is 29.6 Å². The molecule has 2 aliphatic rings. The van der Waals surface area contributed by atoms with E-state index in [4.69, 9.17) is 0 Å². The van der Waals surface area contributed by atoms with Crippen LogP contribution in [0, 0.1) is 17.8 Å². The first-order valence-electron chi connectivity index (χ1n) is 10.2. The predicted octanol–water partition coefficient (Wildman–Crippen LogP) is 4.48. The average molecular weight is 379 g/mol. The topological polar surface area (TPSA) is 32.3 Å². The van der Waals surface area contributed by atoms with Crippen LogP contribution in [-0.2, 0) is 4.79 Å². The molecule has 2 aliphatic heterocycles. The molecular weight excluding hydrogens is 344 g/mol. The van der Waals surface area contributed by atoms with Crippen LogP contribution in [0.25, 0.3) is 0 Å². The molecule has 2 heterocycles. The first-order valence-corrected chi connectivity index (χ1v) is 10.2. The normalized spacial score (nSPS) is 25.4. The van der Waals surface area contributed by atoms with Gasteiger partial charge in [0.15, 0.2) is 0 Å². The van der Waals surface area contributed by atoms with Crippen LogP contribution in [0.2, 0.25) is 0 Å². The van der Waals surface area contributed by atoms with E-state index in [9.17, 15) is 4.79 Å². The molecule has 2 fully saturated rings. The molecule has 3 nitrogen and oxygen atoms in total. The van der Waals surface area contributed by atoms with Crippen molar-refractivity contribution in [3.63, 3.8) is 0 Å². The molecular formula is C22H35ClN2O. The Morgan fingerprint density at radius 3 is 2.54 bits per heavy atom. The molecule has 1 N–H and O–H groups in total. The van der Waals surface area contributed by atoms with E-state index in [1.165, 1.54) is 18.4 Å². The van der Waals surface area contributed by atoms with Gasteiger partial charge < -0.3 is 10.2 Å². The van der Waals surface area contributed by atoms with Crippen LogP contribution in [0.1, 0.15) is 57.4 Å². The van der Waals surface area contributed by atoms with Crippen LogP contribution >= 0.6 is 12.4 Å². The van der Waals surface area contributed by atoms with Gasteiger partial charge in [-0.3, -0.25) is 4.79 Å². The maximum atomic E-state index is 12.9. The number of benzene rings is 1. The summed E-state index contributed by atoms with van der Waals surface area (Å²) in [5.41, 5.74) is 1.45. The largest absolute Gasteiger partial charge is 0.342 e. The number of piperidine rings is 2. The lowest BCUT2D eigenvalue weighted by Crippen LogP contribution is -2.44. The molecule has 26 heavy (non-hydrogen) atoms. The summed E-state index contributed by atoms with van der Waals surface area (Å²) in [6.07, 6.45) is 5.44. The molecule has 1 aromatic rings. The van der Waals surface area contributed by atoms with Gasteiger partial charge in [-0.15, -0.1) is 12.4 Å². The van der Waals surface area contributed by atoms with Crippen molar-refractivity contribution < 1.29 is 4.79 Å². The number of carbonyl (C=O) groups is 1. The van der Waals surface area contributed by atoms with Gasteiger partial charge in [0.2, 0.25) is 5.91 Å². The van der Waals surface area contributed by atoms with Gasteiger partial charge in [0.1, 0.15) is 0 Å². The quantitative estimate of drug-likeness (QED) is 0.819. The number of hydrogen-bond donors (Lipinski definition) is 1. The fraction of sp³-hybridized carbons (Fsp3) is 0.682. The van der Waals surface area contributed by atoms with Crippen LogP contribution in [0.4, 0.5) is 0 Å². The Balaban J connectivity index is 0.00000243. The van der Waals surface area contributed by atoms with Crippen LogP contribution in [0.3, 0.4) is 0 Å². The van der Waals surface area contributed by atoms with Crippen molar-refractivity contribution in [2.75, 3.05) is 26.2 Å². The Hall–Kier alpha value is -1.06. The smallest absolute Gasteiger partial charge is 0.222 e. The van der Waals surface area contributed by atoms with E-state index in [1.807, 2.05) is 0 Å². The van der Waals surface area contributed by atoms with E-state index in [1.54, 1.807) is 0 Å². The number of rotatable bonds is 5. The second-order valence-electron chi connectivity index (χ2n) is 8.08. The first kappa shape index (κ1) is 21.2. The van der Waals surface area contributed by atoms with Gasteiger partial charge in [-0.25, -0.2) is 0 Å². The zero-order valence-corrected chi connectivity index (χ0v) is 17.1. The van der Waals surface area contributed by atoms with E-state index in [2.05, 4.69) is 54.4 Å². The van der Waals surface area contributed by atoms with Crippen molar-refractivity contribution >= 4 is 18.3 Å². The summed E-state index contributed by atoms with van der Waals surface area (Å²) >= 11 is 0. The molecule has 2 saturated heterocycles. The Morgan fingerprint density at radius 2 is 1.88 bits per heavy atom. The summed E-state index contributed by atoms with van der Waals surface area (Å²) in [6, 6.07) is 10.9. The van der Waals surface area contributed by atoms with E-state index >= 15 is 0 Å². The maximum Gasteiger partial charge on any atom is 0.222 e. The molecule has 0 aliphatic carbocycles. The minimum Gasteiger partial charge on any atom is -0.342 e. The minimum absolute atomic E-state index is 0. The molecule has 0 radical (unpaired) electrons. The first-order chi connectivity index (χ1) is 12.2. The molecule has 3 atom stereocenters. The summed E-state index contributed by atoms with van der Waals surface area (Å²) in [4.78, 5) is 15.0. The molecule has 1 amide bonds. The highest BCUT2D eigenvalue weighted by molar-refractivity contribution is 5.85. The predicted molar refractivity (Wildman–Crippen MR) is 111 cm³/mol. The highest BCUT2D eigenvalue weighted by atomic mass is 35.5. The summed E-state index contributed by atoms with van der Waals surface area (Å²) in [6.45, 7) is 8.64.